The molecule has 1 aromatic heterocycles. The van der Waals surface area contributed by atoms with Crippen LogP contribution in [0.5, 0.6) is 5.75 Å². The number of hydrogen-bond donors (Lipinski definition) is 1. The maximum atomic E-state index is 12.1. The molecule has 0 amide bonds. The van der Waals surface area contributed by atoms with E-state index in [0.717, 1.165) is 27.6 Å². The van der Waals surface area contributed by atoms with Crippen LogP contribution in [0.2, 0.25) is 0 Å². The Bertz CT molecular complexity index is 1020. The monoisotopic (exact) mass is 322 g/mol. The van der Waals surface area contributed by atoms with Crippen LogP contribution in [-0.4, -0.2) is 5.11 Å². The molecule has 3 aromatic rings. The van der Waals surface area contributed by atoms with E-state index in [-0.39, 0.29) is 0 Å². The van der Waals surface area contributed by atoms with Gasteiger partial charge in [0.15, 0.2) is 6.10 Å². The van der Waals surface area contributed by atoms with Crippen molar-refractivity contribution in [3.05, 3.63) is 74.6 Å². The van der Waals surface area contributed by atoms with Crippen LogP contribution in [-0.2, 0) is 0 Å². The fourth-order valence-corrected chi connectivity index (χ4v) is 3.52. The third-order valence-electron chi connectivity index (χ3n) is 4.84. The van der Waals surface area contributed by atoms with Gasteiger partial charge in [0.1, 0.15) is 17.4 Å². The first-order valence-corrected chi connectivity index (χ1v) is 7.95. The Morgan fingerprint density at radius 2 is 1.75 bits per heavy atom. The van der Waals surface area contributed by atoms with E-state index in [0.29, 0.717) is 16.9 Å². The van der Waals surface area contributed by atoms with Gasteiger partial charge in [-0.1, -0.05) is 24.3 Å². The van der Waals surface area contributed by atoms with Crippen molar-refractivity contribution < 1.29 is 14.3 Å². The van der Waals surface area contributed by atoms with Gasteiger partial charge in [-0.25, -0.2) is 4.79 Å². The van der Waals surface area contributed by atoms with Crippen LogP contribution in [0, 0.1) is 20.8 Å². The van der Waals surface area contributed by atoms with E-state index in [1.54, 1.807) is 0 Å². The summed E-state index contributed by atoms with van der Waals surface area (Å²) in [6.07, 6.45) is -1.43. The molecular formula is C20H18O4. The van der Waals surface area contributed by atoms with E-state index in [4.69, 9.17) is 9.15 Å². The van der Waals surface area contributed by atoms with Gasteiger partial charge in [-0.15, -0.1) is 0 Å². The quantitative estimate of drug-likeness (QED) is 0.691. The van der Waals surface area contributed by atoms with Crippen LogP contribution in [0.15, 0.2) is 45.6 Å². The van der Waals surface area contributed by atoms with Gasteiger partial charge in [-0.2, -0.15) is 0 Å². The lowest BCUT2D eigenvalue weighted by Crippen LogP contribution is -2.14. The first-order valence-electron chi connectivity index (χ1n) is 7.95. The number of aryl methyl sites for hydroxylation is 3. The molecule has 1 aliphatic rings. The molecule has 4 rings (SSSR count). The van der Waals surface area contributed by atoms with Crippen molar-refractivity contribution in [2.45, 2.75) is 33.0 Å². The summed E-state index contributed by atoms with van der Waals surface area (Å²) in [5, 5.41) is 11.5. The van der Waals surface area contributed by atoms with Gasteiger partial charge in [-0.3, -0.25) is 0 Å². The predicted molar refractivity (Wildman–Crippen MR) is 91.5 cm³/mol. The summed E-state index contributed by atoms with van der Waals surface area (Å²) < 4.78 is 11.4. The zero-order valence-electron chi connectivity index (χ0n) is 13.8. The average Bonchev–Trinajstić information content (AvgIpc) is 2.89. The summed E-state index contributed by atoms with van der Waals surface area (Å²) in [6.45, 7) is 5.91. The van der Waals surface area contributed by atoms with Crippen LogP contribution >= 0.6 is 0 Å². The highest BCUT2D eigenvalue weighted by atomic mass is 16.5. The van der Waals surface area contributed by atoms with E-state index in [2.05, 4.69) is 6.07 Å². The fraction of sp³-hybridized carbons (Fsp3) is 0.250. The predicted octanol–water partition coefficient (Wildman–Crippen LogP) is 3.89. The molecule has 122 valence electrons. The van der Waals surface area contributed by atoms with Gasteiger partial charge in [0.2, 0.25) is 0 Å². The van der Waals surface area contributed by atoms with E-state index in [9.17, 15) is 9.90 Å². The molecule has 0 aliphatic carbocycles. The molecule has 0 radical (unpaired) electrons. The lowest BCUT2D eigenvalue weighted by Gasteiger charge is -2.19. The molecule has 0 saturated heterocycles. The largest absolute Gasteiger partial charge is 0.482 e. The SMILES string of the molecule is Cc1cc(C)c2c([C@H]3Oc4ccccc4[C@@H]3O)cc(=O)oc2c1C. The van der Waals surface area contributed by atoms with Gasteiger partial charge in [-0.05, 0) is 43.5 Å². The van der Waals surface area contributed by atoms with Gasteiger partial charge >= 0.3 is 5.63 Å². The van der Waals surface area contributed by atoms with E-state index >= 15 is 0 Å². The maximum Gasteiger partial charge on any atom is 0.336 e. The van der Waals surface area contributed by atoms with E-state index in [1.807, 2.05) is 45.0 Å². The molecule has 0 spiro atoms. The molecule has 1 N–H and O–H groups in total. The summed E-state index contributed by atoms with van der Waals surface area (Å²) in [5.41, 5.74) is 4.55. The second-order valence-electron chi connectivity index (χ2n) is 6.38. The number of ether oxygens (including phenoxy) is 1. The molecule has 1 aliphatic heterocycles. The van der Waals surface area contributed by atoms with Crippen molar-refractivity contribution in [2.75, 3.05) is 0 Å². The van der Waals surface area contributed by atoms with Crippen molar-refractivity contribution in [3.8, 4) is 5.75 Å². The molecule has 4 nitrogen and oxygen atoms in total. The van der Waals surface area contributed by atoms with Crippen LogP contribution in [0.25, 0.3) is 11.0 Å². The van der Waals surface area contributed by atoms with Crippen molar-refractivity contribution in [2.24, 2.45) is 0 Å². The Balaban J connectivity index is 1.99. The molecule has 2 atom stereocenters. The number of aliphatic hydroxyl groups excluding tert-OH is 1. The summed E-state index contributed by atoms with van der Waals surface area (Å²) in [6, 6.07) is 10.9. The smallest absolute Gasteiger partial charge is 0.336 e. The number of hydrogen-bond acceptors (Lipinski definition) is 4. The Morgan fingerprint density at radius 1 is 1.00 bits per heavy atom. The van der Waals surface area contributed by atoms with Gasteiger partial charge in [0.05, 0.1) is 0 Å². The Kier molecular flexibility index (Phi) is 3.25. The van der Waals surface area contributed by atoms with Crippen molar-refractivity contribution in [3.63, 3.8) is 0 Å². The zero-order chi connectivity index (χ0) is 17.0. The van der Waals surface area contributed by atoms with Crippen molar-refractivity contribution in [1.29, 1.82) is 0 Å². The van der Waals surface area contributed by atoms with Gasteiger partial charge in [0, 0.05) is 22.6 Å². The number of rotatable bonds is 1. The third kappa shape index (κ3) is 2.07. The highest BCUT2D eigenvalue weighted by Gasteiger charge is 2.35. The molecule has 2 heterocycles. The fourth-order valence-electron chi connectivity index (χ4n) is 3.52. The minimum Gasteiger partial charge on any atom is -0.482 e. The lowest BCUT2D eigenvalue weighted by molar-refractivity contribution is 0.0680. The van der Waals surface area contributed by atoms with Crippen molar-refractivity contribution >= 4 is 11.0 Å². The lowest BCUT2D eigenvalue weighted by atomic mass is 9.93. The number of fused-ring (bicyclic) bond motifs is 2. The average molecular weight is 322 g/mol. The highest BCUT2D eigenvalue weighted by Crippen LogP contribution is 2.46. The number of para-hydroxylation sites is 1. The molecule has 0 fully saturated rings. The third-order valence-corrected chi connectivity index (χ3v) is 4.84. The topological polar surface area (TPSA) is 59.7 Å². The van der Waals surface area contributed by atoms with Gasteiger partial charge in [0.25, 0.3) is 0 Å². The van der Waals surface area contributed by atoms with Crippen LogP contribution in [0.4, 0.5) is 0 Å². The number of benzene rings is 2. The summed E-state index contributed by atoms with van der Waals surface area (Å²) >= 11 is 0. The first kappa shape index (κ1) is 15.0. The molecule has 24 heavy (non-hydrogen) atoms. The standard InChI is InChI=1S/C20H18O4/c1-10-8-11(2)17-14(9-16(21)24-19(17)12(10)3)20-18(22)13-6-4-5-7-15(13)23-20/h4-9,18,20,22H,1-3H3/t18-,20+/m0/s1. The first-order chi connectivity index (χ1) is 11.5. The van der Waals surface area contributed by atoms with Gasteiger partial charge < -0.3 is 14.3 Å². The van der Waals surface area contributed by atoms with Crippen LogP contribution < -0.4 is 10.4 Å². The minimum atomic E-state index is -0.813. The Labute approximate surface area is 139 Å². The summed E-state index contributed by atoms with van der Waals surface area (Å²) in [7, 11) is 0. The normalized spacial score (nSPS) is 19.3. The van der Waals surface area contributed by atoms with E-state index < -0.39 is 17.8 Å². The molecular weight excluding hydrogens is 304 g/mol. The Hall–Kier alpha value is -2.59. The summed E-state index contributed by atoms with van der Waals surface area (Å²) in [5.74, 6) is 0.651. The minimum absolute atomic E-state index is 0.433. The maximum absolute atomic E-state index is 12.1. The second-order valence-corrected chi connectivity index (χ2v) is 6.38. The van der Waals surface area contributed by atoms with E-state index in [1.165, 1.54) is 6.07 Å². The molecule has 0 bridgehead atoms. The molecule has 2 aromatic carbocycles. The highest BCUT2D eigenvalue weighted by molar-refractivity contribution is 5.87. The van der Waals surface area contributed by atoms with Crippen LogP contribution in [0.1, 0.15) is 40.0 Å². The molecule has 0 saturated carbocycles. The summed E-state index contributed by atoms with van der Waals surface area (Å²) in [4.78, 5) is 12.1. The number of aliphatic hydroxyl groups is 1. The zero-order valence-corrected chi connectivity index (χ0v) is 13.8. The Morgan fingerprint density at radius 3 is 2.50 bits per heavy atom. The van der Waals surface area contributed by atoms with Crippen LogP contribution in [0.3, 0.4) is 0 Å². The molecule has 4 heteroatoms. The van der Waals surface area contributed by atoms with Crippen molar-refractivity contribution in [1.82, 2.24) is 0 Å². The molecule has 0 unspecified atom stereocenters. The second kappa shape index (κ2) is 5.21.